The van der Waals surface area contributed by atoms with E-state index in [0.717, 1.165) is 60.0 Å². The van der Waals surface area contributed by atoms with Crippen LogP contribution in [0.15, 0.2) is 47.1 Å². The van der Waals surface area contributed by atoms with Crippen molar-refractivity contribution in [2.45, 2.75) is 112 Å². The molecule has 0 saturated heterocycles. The summed E-state index contributed by atoms with van der Waals surface area (Å²) in [6.45, 7) is 15.1. The van der Waals surface area contributed by atoms with Gasteiger partial charge in [0.15, 0.2) is 5.13 Å². The molecule has 0 saturated carbocycles. The molecule has 2 aromatic rings. The molecule has 2 unspecified atom stereocenters. The average Bonchev–Trinajstić information content (AvgIpc) is 3.49. The maximum atomic E-state index is 13.8. The summed E-state index contributed by atoms with van der Waals surface area (Å²) in [6, 6.07) is 12.3. The molecule has 2 amide bonds. The van der Waals surface area contributed by atoms with Crippen LogP contribution in [-0.4, -0.2) is 41.3 Å². The van der Waals surface area contributed by atoms with Crippen LogP contribution in [0.25, 0.3) is 17.3 Å². The van der Waals surface area contributed by atoms with Gasteiger partial charge in [0.05, 0.1) is 10.6 Å². The van der Waals surface area contributed by atoms with Crippen molar-refractivity contribution in [1.29, 1.82) is 5.26 Å². The summed E-state index contributed by atoms with van der Waals surface area (Å²) < 4.78 is 0. The molecule has 0 radical (unpaired) electrons. The van der Waals surface area contributed by atoms with Crippen LogP contribution in [-0.2, 0) is 9.59 Å². The molecule has 2 heterocycles. The Kier molecular flexibility index (Phi) is 15.0. The first-order valence-corrected chi connectivity index (χ1v) is 18.2. The monoisotopic (exact) mass is 630 g/mol. The molecule has 244 valence electrons. The fourth-order valence-electron chi connectivity index (χ4n) is 6.11. The first-order chi connectivity index (χ1) is 21.9. The number of carbonyl (C=O) groups is 2. The van der Waals surface area contributed by atoms with Crippen molar-refractivity contribution in [2.24, 2.45) is 11.8 Å². The van der Waals surface area contributed by atoms with Crippen LogP contribution in [0.2, 0.25) is 0 Å². The van der Waals surface area contributed by atoms with E-state index in [1.807, 2.05) is 24.3 Å². The Morgan fingerprint density at radius 2 is 1.49 bits per heavy atom. The number of benzene rings is 1. The Morgan fingerprint density at radius 3 is 2.00 bits per heavy atom. The van der Waals surface area contributed by atoms with Gasteiger partial charge in [-0.1, -0.05) is 121 Å². The van der Waals surface area contributed by atoms with Gasteiger partial charge in [-0.05, 0) is 56.1 Å². The van der Waals surface area contributed by atoms with Gasteiger partial charge >= 0.3 is 0 Å². The lowest BCUT2D eigenvalue weighted by atomic mass is 9.89. The number of anilines is 1. The lowest BCUT2D eigenvalue weighted by molar-refractivity contribution is -0.140. The number of thiazole rings is 1. The van der Waals surface area contributed by atoms with Crippen molar-refractivity contribution in [3.63, 3.8) is 0 Å². The van der Waals surface area contributed by atoms with Crippen molar-refractivity contribution < 1.29 is 9.59 Å². The van der Waals surface area contributed by atoms with Gasteiger partial charge in [-0.3, -0.25) is 14.5 Å². The van der Waals surface area contributed by atoms with Crippen molar-refractivity contribution in [3.05, 3.63) is 51.9 Å². The van der Waals surface area contributed by atoms with Crippen LogP contribution in [0, 0.1) is 23.2 Å². The molecule has 0 fully saturated rings. The highest BCUT2D eigenvalue weighted by Gasteiger charge is 2.36. The SMILES string of the molecule is CCCCC1=C(C#N)C(=O)N(CC)C(=O)/C1=C\c1sc(N(CC(CC)CCCC)CC(CC)CCCC)nc1-c1ccccc1. The molecule has 6 nitrogen and oxygen atoms in total. The van der Waals surface area contributed by atoms with Gasteiger partial charge in [0.1, 0.15) is 11.6 Å². The number of likely N-dealkylation sites (N-methyl/N-ethyl adjacent to an activating group) is 1. The number of unbranched alkanes of at least 4 members (excludes halogenated alkanes) is 3. The van der Waals surface area contributed by atoms with Gasteiger partial charge in [-0.2, -0.15) is 5.26 Å². The van der Waals surface area contributed by atoms with E-state index in [0.29, 0.717) is 29.4 Å². The zero-order chi connectivity index (χ0) is 32.8. The standard InChI is InChI=1S/C38H54N4O2S/c1-7-13-19-28(10-4)26-41(27-29(11-5)20-14-8-2)38-40-35(30-21-17-16-18-22-30)34(45-38)24-32-31(23-15-9-3)33(25-39)37(44)42(12-6)36(32)43/h16-18,21-22,24,28-29H,7-15,19-20,23,26-27H2,1-6H3/b32-24-. The molecule has 1 aromatic carbocycles. The number of rotatable bonds is 19. The second-order valence-electron chi connectivity index (χ2n) is 12.3. The van der Waals surface area contributed by atoms with E-state index in [2.05, 4.69) is 57.7 Å². The largest absolute Gasteiger partial charge is 0.348 e. The topological polar surface area (TPSA) is 77.3 Å². The van der Waals surface area contributed by atoms with Crippen molar-refractivity contribution in [3.8, 4) is 17.3 Å². The highest BCUT2D eigenvalue weighted by molar-refractivity contribution is 7.17. The molecule has 0 bridgehead atoms. The second-order valence-corrected chi connectivity index (χ2v) is 13.3. The van der Waals surface area contributed by atoms with Gasteiger partial charge in [0, 0.05) is 30.8 Å². The molecule has 45 heavy (non-hydrogen) atoms. The summed E-state index contributed by atoms with van der Waals surface area (Å²) in [4.78, 5) is 36.9. The fourth-order valence-corrected chi connectivity index (χ4v) is 7.15. The number of aromatic nitrogens is 1. The van der Waals surface area contributed by atoms with Gasteiger partial charge in [0.2, 0.25) is 0 Å². The quantitative estimate of drug-likeness (QED) is 0.114. The summed E-state index contributed by atoms with van der Waals surface area (Å²) >= 11 is 1.63. The third-order valence-corrected chi connectivity index (χ3v) is 10.1. The van der Waals surface area contributed by atoms with E-state index >= 15 is 0 Å². The summed E-state index contributed by atoms with van der Waals surface area (Å²) in [7, 11) is 0. The number of hydrogen-bond acceptors (Lipinski definition) is 6. The molecule has 1 aromatic heterocycles. The molecule has 7 heteroatoms. The molecular formula is C38H54N4O2S. The fraction of sp³-hybridized carbons (Fsp3) is 0.579. The normalized spacial score (nSPS) is 15.9. The predicted molar refractivity (Wildman–Crippen MR) is 189 cm³/mol. The Hall–Kier alpha value is -3.24. The zero-order valence-electron chi connectivity index (χ0n) is 28.5. The van der Waals surface area contributed by atoms with Gasteiger partial charge in [-0.25, -0.2) is 4.98 Å². The number of hydrogen-bond donors (Lipinski definition) is 0. The number of carbonyl (C=O) groups excluding carboxylic acids is 2. The van der Waals surface area contributed by atoms with Crippen LogP contribution < -0.4 is 4.90 Å². The summed E-state index contributed by atoms with van der Waals surface area (Å²) in [5.41, 5.74) is 2.95. The minimum absolute atomic E-state index is 0.0900. The minimum atomic E-state index is -0.483. The van der Waals surface area contributed by atoms with E-state index < -0.39 is 5.91 Å². The van der Waals surface area contributed by atoms with E-state index in [1.54, 1.807) is 18.3 Å². The third-order valence-electron chi connectivity index (χ3n) is 9.05. The summed E-state index contributed by atoms with van der Waals surface area (Å²) in [5, 5.41) is 11.0. The molecular weight excluding hydrogens is 577 g/mol. The van der Waals surface area contributed by atoms with Crippen LogP contribution in [0.3, 0.4) is 0 Å². The van der Waals surface area contributed by atoms with Gasteiger partial charge < -0.3 is 4.90 Å². The van der Waals surface area contributed by atoms with Crippen molar-refractivity contribution in [1.82, 2.24) is 9.88 Å². The third kappa shape index (κ3) is 9.39. The molecule has 0 N–H and O–H groups in total. The van der Waals surface area contributed by atoms with E-state index in [1.165, 1.54) is 43.4 Å². The van der Waals surface area contributed by atoms with Gasteiger partial charge in [-0.15, -0.1) is 0 Å². The number of imide groups is 1. The number of nitriles is 1. The lowest BCUT2D eigenvalue weighted by Gasteiger charge is -2.30. The second kappa shape index (κ2) is 18.7. The van der Waals surface area contributed by atoms with E-state index in [4.69, 9.17) is 4.98 Å². The number of nitrogens with zero attached hydrogens (tertiary/aromatic N) is 4. The van der Waals surface area contributed by atoms with Crippen LogP contribution in [0.4, 0.5) is 5.13 Å². The molecule has 0 spiro atoms. The van der Waals surface area contributed by atoms with E-state index in [9.17, 15) is 14.9 Å². The van der Waals surface area contributed by atoms with Crippen molar-refractivity contribution in [2.75, 3.05) is 24.5 Å². The molecule has 0 aliphatic carbocycles. The Morgan fingerprint density at radius 1 is 0.889 bits per heavy atom. The van der Waals surface area contributed by atoms with Crippen LogP contribution >= 0.6 is 11.3 Å². The smallest absolute Gasteiger partial charge is 0.271 e. The molecule has 2 atom stereocenters. The first-order valence-electron chi connectivity index (χ1n) is 17.4. The highest BCUT2D eigenvalue weighted by atomic mass is 32.1. The van der Waals surface area contributed by atoms with Crippen molar-refractivity contribution >= 4 is 34.4 Å². The average molecular weight is 631 g/mol. The number of amides is 2. The summed E-state index contributed by atoms with van der Waals surface area (Å²) in [5.74, 6) is 0.369. The minimum Gasteiger partial charge on any atom is -0.348 e. The lowest BCUT2D eigenvalue weighted by Crippen LogP contribution is -2.42. The molecule has 1 aliphatic rings. The summed E-state index contributed by atoms with van der Waals surface area (Å²) in [6.07, 6.45) is 13.7. The molecule has 1 aliphatic heterocycles. The molecule has 3 rings (SSSR count). The Balaban J connectivity index is 2.22. The Labute approximate surface area is 276 Å². The predicted octanol–water partition coefficient (Wildman–Crippen LogP) is 9.83. The van der Waals surface area contributed by atoms with E-state index in [-0.39, 0.29) is 18.0 Å². The van der Waals surface area contributed by atoms with Gasteiger partial charge in [0.25, 0.3) is 11.8 Å². The highest BCUT2D eigenvalue weighted by Crippen LogP contribution is 2.39. The maximum Gasteiger partial charge on any atom is 0.271 e. The first kappa shape index (κ1) is 36.2. The van der Waals surface area contributed by atoms with Crippen LogP contribution in [0.5, 0.6) is 0 Å². The maximum absolute atomic E-state index is 13.8. The zero-order valence-corrected chi connectivity index (χ0v) is 29.3. The Bertz CT molecular complexity index is 1340. The van der Waals surface area contributed by atoms with Crippen LogP contribution in [0.1, 0.15) is 117 Å².